The molecular weight excluding hydrogens is 242 g/mol. The molecule has 0 saturated heterocycles. The molecular formula is C15H23NO3. The van der Waals surface area contributed by atoms with Crippen LogP contribution in [-0.2, 0) is 16.0 Å². The second kappa shape index (κ2) is 9.50. The standard InChI is InChI=1S/C15H23NO3/c1-19-15(18)6-2-4-13(9-11-17)7-8-14-5-3-10-16-12-14/h3,5,10,12-13,17H,2,4,6-9,11H2,1H3. The minimum atomic E-state index is -0.157. The number of aryl methyl sites for hydroxylation is 1. The summed E-state index contributed by atoms with van der Waals surface area (Å²) in [5, 5.41) is 9.08. The van der Waals surface area contributed by atoms with Crippen LogP contribution < -0.4 is 0 Å². The van der Waals surface area contributed by atoms with Crippen molar-refractivity contribution in [2.45, 2.75) is 38.5 Å². The summed E-state index contributed by atoms with van der Waals surface area (Å²) in [7, 11) is 1.41. The van der Waals surface area contributed by atoms with Crippen LogP contribution in [0.4, 0.5) is 0 Å². The number of pyridine rings is 1. The fourth-order valence-corrected chi connectivity index (χ4v) is 2.17. The van der Waals surface area contributed by atoms with E-state index < -0.39 is 0 Å². The molecule has 0 aliphatic rings. The number of ether oxygens (including phenoxy) is 1. The van der Waals surface area contributed by atoms with Gasteiger partial charge in [-0.2, -0.15) is 0 Å². The number of aromatic nitrogens is 1. The van der Waals surface area contributed by atoms with Gasteiger partial charge in [0.15, 0.2) is 0 Å². The van der Waals surface area contributed by atoms with E-state index in [9.17, 15) is 4.79 Å². The van der Waals surface area contributed by atoms with E-state index in [0.717, 1.165) is 32.1 Å². The summed E-state index contributed by atoms with van der Waals surface area (Å²) < 4.78 is 4.62. The Morgan fingerprint density at radius 2 is 2.26 bits per heavy atom. The van der Waals surface area contributed by atoms with Crippen molar-refractivity contribution in [2.75, 3.05) is 13.7 Å². The third-order valence-electron chi connectivity index (χ3n) is 3.32. The summed E-state index contributed by atoms with van der Waals surface area (Å²) in [6, 6.07) is 4.01. The first-order valence-electron chi connectivity index (χ1n) is 6.82. The monoisotopic (exact) mass is 265 g/mol. The van der Waals surface area contributed by atoms with Crippen molar-refractivity contribution in [3.8, 4) is 0 Å². The number of methoxy groups -OCH3 is 1. The predicted octanol–water partition coefficient (Wildman–Crippen LogP) is 2.36. The minimum absolute atomic E-state index is 0.157. The van der Waals surface area contributed by atoms with Crippen LogP contribution in [0.3, 0.4) is 0 Å². The van der Waals surface area contributed by atoms with Crippen molar-refractivity contribution >= 4 is 5.97 Å². The highest BCUT2D eigenvalue weighted by molar-refractivity contribution is 5.68. The summed E-state index contributed by atoms with van der Waals surface area (Å²) in [6.45, 7) is 0.204. The fourth-order valence-electron chi connectivity index (χ4n) is 2.17. The molecule has 1 rings (SSSR count). The first-order valence-corrected chi connectivity index (χ1v) is 6.82. The fraction of sp³-hybridized carbons (Fsp3) is 0.600. The largest absolute Gasteiger partial charge is 0.469 e. The molecule has 1 unspecified atom stereocenters. The van der Waals surface area contributed by atoms with Gasteiger partial charge >= 0.3 is 5.97 Å². The van der Waals surface area contributed by atoms with Gasteiger partial charge in [0.2, 0.25) is 0 Å². The molecule has 1 heterocycles. The molecule has 0 aromatic carbocycles. The molecule has 1 aromatic heterocycles. The number of esters is 1. The van der Waals surface area contributed by atoms with Crippen molar-refractivity contribution in [3.05, 3.63) is 30.1 Å². The number of carbonyl (C=O) groups excluding carboxylic acids is 1. The Bertz CT molecular complexity index is 354. The molecule has 0 fully saturated rings. The number of carbonyl (C=O) groups is 1. The molecule has 106 valence electrons. The maximum Gasteiger partial charge on any atom is 0.305 e. The van der Waals surface area contributed by atoms with E-state index in [0.29, 0.717) is 12.3 Å². The maximum absolute atomic E-state index is 11.1. The van der Waals surface area contributed by atoms with E-state index in [1.807, 2.05) is 12.3 Å². The number of aliphatic hydroxyl groups excluding tert-OH is 1. The van der Waals surface area contributed by atoms with Crippen LogP contribution in [0.2, 0.25) is 0 Å². The van der Waals surface area contributed by atoms with Gasteiger partial charge in [0.05, 0.1) is 7.11 Å². The van der Waals surface area contributed by atoms with Gasteiger partial charge < -0.3 is 9.84 Å². The molecule has 0 spiro atoms. The first kappa shape index (κ1) is 15.6. The van der Waals surface area contributed by atoms with E-state index in [2.05, 4.69) is 15.8 Å². The molecule has 1 aromatic rings. The van der Waals surface area contributed by atoms with Gasteiger partial charge in [-0.15, -0.1) is 0 Å². The number of hydrogen-bond acceptors (Lipinski definition) is 4. The second-order valence-electron chi connectivity index (χ2n) is 4.75. The van der Waals surface area contributed by atoms with Crippen LogP contribution in [0.1, 0.15) is 37.7 Å². The lowest BCUT2D eigenvalue weighted by atomic mass is 9.92. The zero-order chi connectivity index (χ0) is 13.9. The molecule has 0 aliphatic heterocycles. The molecule has 0 aliphatic carbocycles. The molecule has 4 heteroatoms. The van der Waals surface area contributed by atoms with Crippen molar-refractivity contribution in [3.63, 3.8) is 0 Å². The topological polar surface area (TPSA) is 59.4 Å². The van der Waals surface area contributed by atoms with Crippen molar-refractivity contribution < 1.29 is 14.6 Å². The van der Waals surface area contributed by atoms with E-state index in [1.54, 1.807) is 6.20 Å². The number of aliphatic hydroxyl groups is 1. The Balaban J connectivity index is 2.29. The summed E-state index contributed by atoms with van der Waals surface area (Å²) in [5.41, 5.74) is 1.22. The summed E-state index contributed by atoms with van der Waals surface area (Å²) in [5.74, 6) is 0.296. The summed E-state index contributed by atoms with van der Waals surface area (Å²) >= 11 is 0. The van der Waals surface area contributed by atoms with Crippen LogP contribution in [0.5, 0.6) is 0 Å². The van der Waals surface area contributed by atoms with Crippen LogP contribution >= 0.6 is 0 Å². The van der Waals surface area contributed by atoms with E-state index in [1.165, 1.54) is 12.7 Å². The van der Waals surface area contributed by atoms with Gasteiger partial charge in [-0.25, -0.2) is 0 Å². The van der Waals surface area contributed by atoms with E-state index in [-0.39, 0.29) is 12.6 Å². The predicted molar refractivity (Wildman–Crippen MR) is 73.6 cm³/mol. The van der Waals surface area contributed by atoms with E-state index >= 15 is 0 Å². The maximum atomic E-state index is 11.1. The highest BCUT2D eigenvalue weighted by atomic mass is 16.5. The number of nitrogens with zero attached hydrogens (tertiary/aromatic N) is 1. The molecule has 0 bridgehead atoms. The summed E-state index contributed by atoms with van der Waals surface area (Å²) in [6.07, 6.45) is 8.67. The number of hydrogen-bond donors (Lipinski definition) is 1. The minimum Gasteiger partial charge on any atom is -0.469 e. The highest BCUT2D eigenvalue weighted by Crippen LogP contribution is 2.19. The second-order valence-corrected chi connectivity index (χ2v) is 4.75. The summed E-state index contributed by atoms with van der Waals surface area (Å²) in [4.78, 5) is 15.1. The SMILES string of the molecule is COC(=O)CCCC(CCO)CCc1cccnc1. The molecule has 0 saturated carbocycles. The Kier molecular flexibility index (Phi) is 7.82. The average Bonchev–Trinajstić information content (AvgIpc) is 2.45. The highest BCUT2D eigenvalue weighted by Gasteiger charge is 2.10. The zero-order valence-corrected chi connectivity index (χ0v) is 11.5. The Morgan fingerprint density at radius 3 is 2.89 bits per heavy atom. The normalized spacial score (nSPS) is 12.1. The first-order chi connectivity index (χ1) is 9.26. The third kappa shape index (κ3) is 6.91. The van der Waals surface area contributed by atoms with Gasteiger partial charge in [-0.05, 0) is 49.7 Å². The lowest BCUT2D eigenvalue weighted by Crippen LogP contribution is -2.07. The van der Waals surface area contributed by atoms with Crippen LogP contribution in [0, 0.1) is 5.92 Å². The lowest BCUT2D eigenvalue weighted by Gasteiger charge is -2.15. The van der Waals surface area contributed by atoms with Crippen LogP contribution in [-0.4, -0.2) is 29.8 Å². The van der Waals surface area contributed by atoms with Crippen molar-refractivity contribution in [2.24, 2.45) is 5.92 Å². The lowest BCUT2D eigenvalue weighted by molar-refractivity contribution is -0.140. The van der Waals surface area contributed by atoms with Gasteiger partial charge in [0.1, 0.15) is 0 Å². The van der Waals surface area contributed by atoms with Gasteiger partial charge in [0, 0.05) is 25.4 Å². The van der Waals surface area contributed by atoms with Crippen LogP contribution in [0.15, 0.2) is 24.5 Å². The van der Waals surface area contributed by atoms with Gasteiger partial charge in [0.25, 0.3) is 0 Å². The Hall–Kier alpha value is -1.42. The Morgan fingerprint density at radius 1 is 1.42 bits per heavy atom. The van der Waals surface area contributed by atoms with Gasteiger partial charge in [-0.1, -0.05) is 6.07 Å². The molecule has 19 heavy (non-hydrogen) atoms. The molecule has 4 nitrogen and oxygen atoms in total. The molecule has 1 N–H and O–H groups in total. The quantitative estimate of drug-likeness (QED) is 0.696. The third-order valence-corrected chi connectivity index (χ3v) is 3.32. The zero-order valence-electron chi connectivity index (χ0n) is 11.5. The molecule has 0 radical (unpaired) electrons. The van der Waals surface area contributed by atoms with Crippen molar-refractivity contribution in [1.82, 2.24) is 4.98 Å². The smallest absolute Gasteiger partial charge is 0.305 e. The molecule has 0 amide bonds. The Labute approximate surface area is 114 Å². The van der Waals surface area contributed by atoms with Crippen molar-refractivity contribution in [1.29, 1.82) is 0 Å². The van der Waals surface area contributed by atoms with Crippen LogP contribution in [0.25, 0.3) is 0 Å². The number of rotatable bonds is 9. The van der Waals surface area contributed by atoms with Gasteiger partial charge in [-0.3, -0.25) is 9.78 Å². The molecule has 1 atom stereocenters. The average molecular weight is 265 g/mol. The van der Waals surface area contributed by atoms with E-state index in [4.69, 9.17) is 5.11 Å².